The molecule has 1 aliphatic rings. The van der Waals surface area contributed by atoms with Crippen LogP contribution in [0.25, 0.3) is 0 Å². The molecule has 2 aromatic carbocycles. The van der Waals surface area contributed by atoms with Gasteiger partial charge in [-0.25, -0.2) is 4.79 Å². The molecular weight excluding hydrogens is 296 g/mol. The lowest BCUT2D eigenvalue weighted by atomic mass is 10.2. The van der Waals surface area contributed by atoms with Crippen molar-refractivity contribution in [3.8, 4) is 11.5 Å². The molecule has 0 saturated heterocycles. The van der Waals surface area contributed by atoms with E-state index in [1.54, 1.807) is 42.2 Å². The summed E-state index contributed by atoms with van der Waals surface area (Å²) in [6.45, 7) is 1.86. The predicted molar refractivity (Wildman–Crippen MR) is 85.8 cm³/mol. The summed E-state index contributed by atoms with van der Waals surface area (Å²) in [4.78, 5) is 25.6. The van der Waals surface area contributed by atoms with Crippen LogP contribution in [0.3, 0.4) is 0 Å². The minimum Gasteiger partial charge on any atom is -0.508 e. The van der Waals surface area contributed by atoms with Crippen LogP contribution in [-0.4, -0.2) is 30.1 Å². The monoisotopic (exact) mass is 312 g/mol. The van der Waals surface area contributed by atoms with E-state index in [0.29, 0.717) is 17.1 Å². The molecule has 0 spiro atoms. The Labute approximate surface area is 133 Å². The zero-order valence-corrected chi connectivity index (χ0v) is 12.6. The Balaban J connectivity index is 1.74. The summed E-state index contributed by atoms with van der Waals surface area (Å²) in [6.07, 6.45) is 0. The number of esters is 1. The lowest BCUT2D eigenvalue weighted by Gasteiger charge is -2.29. The van der Waals surface area contributed by atoms with Crippen molar-refractivity contribution < 1.29 is 19.4 Å². The van der Waals surface area contributed by atoms with Crippen LogP contribution in [0.5, 0.6) is 11.5 Å². The third kappa shape index (κ3) is 3.26. The number of nitrogens with zero attached hydrogens (tertiary/aromatic N) is 1. The van der Waals surface area contributed by atoms with Crippen LogP contribution in [0, 0.1) is 6.92 Å². The number of rotatable bonds is 3. The number of phenolic OH excluding ortho intramolecular Hbond substituents is 1. The van der Waals surface area contributed by atoms with Crippen LogP contribution in [0.2, 0.25) is 0 Å². The average molecular weight is 312 g/mol. The van der Waals surface area contributed by atoms with E-state index in [2.05, 4.69) is 5.32 Å². The molecule has 1 amide bonds. The van der Waals surface area contributed by atoms with Crippen molar-refractivity contribution in [2.24, 2.45) is 0 Å². The fraction of sp³-hybridized carbons (Fsp3) is 0.176. The van der Waals surface area contributed by atoms with E-state index >= 15 is 0 Å². The zero-order valence-electron chi connectivity index (χ0n) is 12.6. The molecule has 2 N–H and O–H groups in total. The lowest BCUT2D eigenvalue weighted by molar-refractivity contribution is -0.133. The molecule has 1 heterocycles. The van der Waals surface area contributed by atoms with Gasteiger partial charge in [-0.05, 0) is 42.8 Å². The summed E-state index contributed by atoms with van der Waals surface area (Å²) in [6, 6.07) is 11.8. The number of nitrogens with one attached hydrogen (secondary N) is 1. The van der Waals surface area contributed by atoms with E-state index in [9.17, 15) is 14.7 Å². The van der Waals surface area contributed by atoms with Gasteiger partial charge in [0.05, 0.1) is 12.2 Å². The van der Waals surface area contributed by atoms with Gasteiger partial charge in [0, 0.05) is 5.69 Å². The number of ether oxygens (including phenoxy) is 1. The minimum absolute atomic E-state index is 0.0268. The summed E-state index contributed by atoms with van der Waals surface area (Å²) in [5.74, 6) is -0.0360. The SMILES string of the molecule is Cc1cc(O)ccc1NC(=O)CN1CC(=O)Oc2ccccc21. The number of fused-ring (bicyclic) bond motifs is 1. The Bertz CT molecular complexity index is 773. The van der Waals surface area contributed by atoms with E-state index < -0.39 is 5.97 Å². The van der Waals surface area contributed by atoms with Crippen molar-refractivity contribution in [2.45, 2.75) is 6.92 Å². The first-order valence-corrected chi connectivity index (χ1v) is 7.17. The van der Waals surface area contributed by atoms with Crippen LogP contribution in [0.1, 0.15) is 5.56 Å². The Morgan fingerprint density at radius 2 is 2.09 bits per heavy atom. The van der Waals surface area contributed by atoms with Crippen molar-refractivity contribution in [1.29, 1.82) is 0 Å². The molecule has 1 aliphatic heterocycles. The number of hydrogen-bond acceptors (Lipinski definition) is 5. The average Bonchev–Trinajstić information content (AvgIpc) is 2.50. The standard InChI is InChI=1S/C17H16N2O4/c1-11-8-12(20)6-7-13(11)18-16(21)9-19-10-17(22)23-15-5-3-2-4-14(15)19/h2-8,20H,9-10H2,1H3,(H,18,21). The molecule has 6 nitrogen and oxygen atoms in total. The van der Waals surface area contributed by atoms with E-state index in [1.807, 2.05) is 6.07 Å². The maximum absolute atomic E-state index is 12.3. The molecular formula is C17H16N2O4. The maximum atomic E-state index is 12.3. The number of aryl methyl sites for hydroxylation is 1. The number of carbonyl (C=O) groups excluding carboxylic acids is 2. The quantitative estimate of drug-likeness (QED) is 0.515. The number of phenols is 1. The first-order chi connectivity index (χ1) is 11.0. The van der Waals surface area contributed by atoms with Gasteiger partial charge in [-0.1, -0.05) is 12.1 Å². The molecule has 0 unspecified atom stereocenters. The van der Waals surface area contributed by atoms with Crippen molar-refractivity contribution in [1.82, 2.24) is 0 Å². The van der Waals surface area contributed by atoms with E-state index in [-0.39, 0.29) is 24.7 Å². The van der Waals surface area contributed by atoms with Gasteiger partial charge in [0.25, 0.3) is 0 Å². The van der Waals surface area contributed by atoms with Crippen molar-refractivity contribution >= 4 is 23.3 Å². The highest BCUT2D eigenvalue weighted by Crippen LogP contribution is 2.31. The number of carbonyl (C=O) groups is 2. The Morgan fingerprint density at radius 1 is 1.30 bits per heavy atom. The van der Waals surface area contributed by atoms with E-state index in [4.69, 9.17) is 4.74 Å². The lowest BCUT2D eigenvalue weighted by Crippen LogP contribution is -2.41. The number of para-hydroxylation sites is 2. The topological polar surface area (TPSA) is 78.9 Å². The van der Waals surface area contributed by atoms with Gasteiger partial charge in [0.2, 0.25) is 5.91 Å². The highest BCUT2D eigenvalue weighted by Gasteiger charge is 2.25. The molecule has 23 heavy (non-hydrogen) atoms. The molecule has 0 atom stereocenters. The summed E-state index contributed by atoms with van der Waals surface area (Å²) in [5, 5.41) is 12.2. The molecule has 0 fully saturated rings. The second-order valence-corrected chi connectivity index (χ2v) is 5.35. The predicted octanol–water partition coefficient (Wildman–Crippen LogP) is 2.06. The first kappa shape index (κ1) is 14.9. The molecule has 0 radical (unpaired) electrons. The molecule has 3 rings (SSSR count). The first-order valence-electron chi connectivity index (χ1n) is 7.17. The maximum Gasteiger partial charge on any atom is 0.331 e. The molecule has 0 aliphatic carbocycles. The Hall–Kier alpha value is -3.02. The van der Waals surface area contributed by atoms with Crippen LogP contribution in [0.15, 0.2) is 42.5 Å². The van der Waals surface area contributed by atoms with Crippen molar-refractivity contribution in [2.75, 3.05) is 23.3 Å². The second kappa shape index (κ2) is 6.00. The summed E-state index contributed by atoms with van der Waals surface area (Å²) in [7, 11) is 0. The Morgan fingerprint density at radius 3 is 2.87 bits per heavy atom. The van der Waals surface area contributed by atoms with Crippen LogP contribution < -0.4 is 15.0 Å². The van der Waals surface area contributed by atoms with Crippen molar-refractivity contribution in [3.05, 3.63) is 48.0 Å². The van der Waals surface area contributed by atoms with Gasteiger partial charge in [-0.15, -0.1) is 0 Å². The fourth-order valence-corrected chi connectivity index (χ4v) is 2.49. The molecule has 0 bridgehead atoms. The van der Waals surface area contributed by atoms with Gasteiger partial charge in [-0.2, -0.15) is 0 Å². The van der Waals surface area contributed by atoms with Crippen LogP contribution >= 0.6 is 0 Å². The molecule has 0 aromatic heterocycles. The molecule has 2 aromatic rings. The molecule has 0 saturated carbocycles. The van der Waals surface area contributed by atoms with Gasteiger partial charge < -0.3 is 20.1 Å². The van der Waals surface area contributed by atoms with Gasteiger partial charge in [-0.3, -0.25) is 4.79 Å². The largest absolute Gasteiger partial charge is 0.508 e. The Kier molecular flexibility index (Phi) is 3.89. The number of anilines is 2. The van der Waals surface area contributed by atoms with Crippen LogP contribution in [-0.2, 0) is 9.59 Å². The van der Waals surface area contributed by atoms with Crippen molar-refractivity contribution in [3.63, 3.8) is 0 Å². The van der Waals surface area contributed by atoms with Gasteiger partial charge in [0.1, 0.15) is 12.3 Å². The van der Waals surface area contributed by atoms with Gasteiger partial charge in [0.15, 0.2) is 5.75 Å². The minimum atomic E-state index is -0.391. The number of amides is 1. The second-order valence-electron chi connectivity index (χ2n) is 5.35. The van der Waals surface area contributed by atoms with Gasteiger partial charge >= 0.3 is 5.97 Å². The zero-order chi connectivity index (χ0) is 16.4. The van der Waals surface area contributed by atoms with E-state index in [1.165, 1.54) is 6.07 Å². The number of benzene rings is 2. The van der Waals surface area contributed by atoms with E-state index in [0.717, 1.165) is 5.56 Å². The highest BCUT2D eigenvalue weighted by atomic mass is 16.5. The molecule has 6 heteroatoms. The van der Waals surface area contributed by atoms with Crippen LogP contribution in [0.4, 0.5) is 11.4 Å². The third-order valence-corrected chi connectivity index (χ3v) is 3.57. The summed E-state index contributed by atoms with van der Waals surface area (Å²) in [5.41, 5.74) is 2.10. The number of hydrogen-bond donors (Lipinski definition) is 2. The summed E-state index contributed by atoms with van der Waals surface area (Å²) < 4.78 is 5.15. The highest BCUT2D eigenvalue weighted by molar-refractivity contribution is 5.96. The fourth-order valence-electron chi connectivity index (χ4n) is 2.49. The number of aromatic hydroxyl groups is 1. The third-order valence-electron chi connectivity index (χ3n) is 3.57. The smallest absolute Gasteiger partial charge is 0.331 e. The summed E-state index contributed by atoms with van der Waals surface area (Å²) >= 11 is 0. The normalized spacial score (nSPS) is 13.3. The molecule has 118 valence electrons.